The zero-order valence-corrected chi connectivity index (χ0v) is 14.8. The van der Waals surface area contributed by atoms with E-state index >= 15 is 0 Å². The van der Waals surface area contributed by atoms with E-state index in [-0.39, 0.29) is 0 Å². The second-order valence-electron chi connectivity index (χ2n) is 7.56. The topological polar surface area (TPSA) is 80.9 Å². The molecule has 2 aliphatic carbocycles. The van der Waals surface area contributed by atoms with E-state index in [1.807, 2.05) is 27.7 Å². The minimum Gasteiger partial charge on any atom is -0.389 e. The van der Waals surface area contributed by atoms with Crippen molar-refractivity contribution < 1.29 is 20.4 Å². The third-order valence-electron chi connectivity index (χ3n) is 5.99. The highest BCUT2D eigenvalue weighted by Crippen LogP contribution is 2.51. The molecule has 4 N–H and O–H groups in total. The van der Waals surface area contributed by atoms with Crippen molar-refractivity contribution in [2.24, 2.45) is 5.41 Å². The Labute approximate surface area is 139 Å². The van der Waals surface area contributed by atoms with Gasteiger partial charge in [0.25, 0.3) is 0 Å². The summed E-state index contributed by atoms with van der Waals surface area (Å²) in [7, 11) is 0. The SMILES string of the molecule is CCC(C)=C1C(O)CC2(CC1O)CC(O)C(=C(C)CC)C(O)C2. The van der Waals surface area contributed by atoms with Crippen molar-refractivity contribution in [2.45, 2.75) is 90.6 Å². The van der Waals surface area contributed by atoms with Gasteiger partial charge >= 0.3 is 0 Å². The average Bonchev–Trinajstić information content (AvgIpc) is 2.44. The zero-order chi connectivity index (χ0) is 17.4. The lowest BCUT2D eigenvalue weighted by atomic mass is 9.59. The lowest BCUT2D eigenvalue weighted by Crippen LogP contribution is -2.48. The van der Waals surface area contributed by atoms with E-state index in [9.17, 15) is 20.4 Å². The monoisotopic (exact) mass is 324 g/mol. The molecule has 0 heterocycles. The first-order valence-electron chi connectivity index (χ1n) is 8.86. The number of aliphatic hydroxyl groups excluding tert-OH is 4. The number of hydrogen-bond acceptors (Lipinski definition) is 4. The summed E-state index contributed by atoms with van der Waals surface area (Å²) in [4.78, 5) is 0. The van der Waals surface area contributed by atoms with Crippen LogP contribution >= 0.6 is 0 Å². The van der Waals surface area contributed by atoms with Crippen molar-refractivity contribution >= 4 is 0 Å². The number of hydrogen-bond donors (Lipinski definition) is 4. The normalized spacial score (nSPS) is 38.1. The third-order valence-corrected chi connectivity index (χ3v) is 5.99. The van der Waals surface area contributed by atoms with Crippen LogP contribution in [0.15, 0.2) is 22.3 Å². The quantitative estimate of drug-likeness (QED) is 0.588. The molecule has 4 heteroatoms. The maximum absolute atomic E-state index is 10.6. The summed E-state index contributed by atoms with van der Waals surface area (Å²) < 4.78 is 0. The molecule has 2 aliphatic rings. The molecule has 0 amide bonds. The van der Waals surface area contributed by atoms with Gasteiger partial charge in [0.15, 0.2) is 0 Å². The Bertz CT molecular complexity index is 428. The van der Waals surface area contributed by atoms with Gasteiger partial charge < -0.3 is 20.4 Å². The van der Waals surface area contributed by atoms with Crippen molar-refractivity contribution in [3.05, 3.63) is 22.3 Å². The number of allylic oxidation sites excluding steroid dienone is 2. The second kappa shape index (κ2) is 7.06. The molecule has 1 spiro atoms. The summed E-state index contributed by atoms with van der Waals surface area (Å²) in [5, 5.41) is 42.2. The Hall–Kier alpha value is -0.680. The van der Waals surface area contributed by atoms with Crippen molar-refractivity contribution in [1.29, 1.82) is 0 Å². The fourth-order valence-corrected chi connectivity index (χ4v) is 4.57. The van der Waals surface area contributed by atoms with Gasteiger partial charge in [-0.25, -0.2) is 0 Å². The van der Waals surface area contributed by atoms with Crippen LogP contribution in [0.2, 0.25) is 0 Å². The predicted octanol–water partition coefficient (Wildman–Crippen LogP) is 2.46. The molecule has 4 atom stereocenters. The molecule has 0 aromatic rings. The smallest absolute Gasteiger partial charge is 0.0782 e. The molecular formula is C19H32O4. The first-order chi connectivity index (χ1) is 10.7. The van der Waals surface area contributed by atoms with Gasteiger partial charge in [0.2, 0.25) is 0 Å². The molecule has 23 heavy (non-hydrogen) atoms. The van der Waals surface area contributed by atoms with Gasteiger partial charge in [-0.1, -0.05) is 25.0 Å². The van der Waals surface area contributed by atoms with E-state index < -0.39 is 29.8 Å². The molecular weight excluding hydrogens is 292 g/mol. The van der Waals surface area contributed by atoms with Gasteiger partial charge in [-0.15, -0.1) is 0 Å². The van der Waals surface area contributed by atoms with Crippen LogP contribution in [0.4, 0.5) is 0 Å². The molecule has 2 fully saturated rings. The maximum Gasteiger partial charge on any atom is 0.0782 e. The highest BCUT2D eigenvalue weighted by atomic mass is 16.3. The molecule has 4 nitrogen and oxygen atoms in total. The molecule has 2 rings (SSSR count). The molecule has 0 aliphatic heterocycles. The van der Waals surface area contributed by atoms with Gasteiger partial charge in [0, 0.05) is 0 Å². The summed E-state index contributed by atoms with van der Waals surface area (Å²) in [5.41, 5.74) is 3.17. The molecule has 2 saturated carbocycles. The number of aliphatic hydroxyl groups is 4. The fraction of sp³-hybridized carbons (Fsp3) is 0.789. The van der Waals surface area contributed by atoms with Crippen LogP contribution in [0, 0.1) is 5.41 Å². The lowest BCUT2D eigenvalue weighted by Gasteiger charge is -2.49. The minimum atomic E-state index is -0.684. The van der Waals surface area contributed by atoms with E-state index in [1.54, 1.807) is 0 Å². The molecule has 132 valence electrons. The van der Waals surface area contributed by atoms with E-state index in [0.717, 1.165) is 35.1 Å². The molecule has 0 saturated heterocycles. The molecule has 0 aromatic heterocycles. The van der Waals surface area contributed by atoms with Crippen LogP contribution in [0.5, 0.6) is 0 Å². The summed E-state index contributed by atoms with van der Waals surface area (Å²) in [6.07, 6.45) is 0.895. The van der Waals surface area contributed by atoms with Crippen LogP contribution in [0.3, 0.4) is 0 Å². The van der Waals surface area contributed by atoms with Gasteiger partial charge in [0.05, 0.1) is 24.4 Å². The largest absolute Gasteiger partial charge is 0.389 e. The van der Waals surface area contributed by atoms with E-state index in [0.29, 0.717) is 25.7 Å². The van der Waals surface area contributed by atoms with E-state index in [2.05, 4.69) is 0 Å². The van der Waals surface area contributed by atoms with Crippen LogP contribution in [0.25, 0.3) is 0 Å². The Balaban J connectivity index is 2.27. The van der Waals surface area contributed by atoms with E-state index in [4.69, 9.17) is 0 Å². The fourth-order valence-electron chi connectivity index (χ4n) is 4.57. The number of rotatable bonds is 2. The summed E-state index contributed by atoms with van der Waals surface area (Å²) in [6.45, 7) is 7.95. The molecule has 0 bridgehead atoms. The third kappa shape index (κ3) is 3.55. The highest BCUT2D eigenvalue weighted by molar-refractivity contribution is 5.29. The van der Waals surface area contributed by atoms with Crippen LogP contribution in [-0.2, 0) is 0 Å². The molecule has 0 radical (unpaired) electrons. The Kier molecular flexibility index (Phi) is 5.72. The first kappa shape index (κ1) is 18.7. The first-order valence-corrected chi connectivity index (χ1v) is 8.86. The maximum atomic E-state index is 10.6. The van der Waals surface area contributed by atoms with Gasteiger partial charge in [0.1, 0.15) is 0 Å². The van der Waals surface area contributed by atoms with Gasteiger partial charge in [-0.05, 0) is 68.9 Å². The van der Waals surface area contributed by atoms with Gasteiger partial charge in [-0.2, -0.15) is 0 Å². The highest BCUT2D eigenvalue weighted by Gasteiger charge is 2.48. The summed E-state index contributed by atoms with van der Waals surface area (Å²) in [5.74, 6) is 0. The average molecular weight is 324 g/mol. The van der Waals surface area contributed by atoms with Gasteiger partial charge in [-0.3, -0.25) is 0 Å². The summed E-state index contributed by atoms with van der Waals surface area (Å²) >= 11 is 0. The molecule has 0 aromatic carbocycles. The van der Waals surface area contributed by atoms with E-state index in [1.165, 1.54) is 0 Å². The van der Waals surface area contributed by atoms with Crippen molar-refractivity contribution in [3.63, 3.8) is 0 Å². The minimum absolute atomic E-state index is 0.396. The van der Waals surface area contributed by atoms with Crippen molar-refractivity contribution in [1.82, 2.24) is 0 Å². The summed E-state index contributed by atoms with van der Waals surface area (Å²) in [6, 6.07) is 0. The lowest BCUT2D eigenvalue weighted by molar-refractivity contribution is -0.0518. The van der Waals surface area contributed by atoms with Crippen LogP contribution in [0.1, 0.15) is 66.2 Å². The van der Waals surface area contributed by atoms with Crippen molar-refractivity contribution in [2.75, 3.05) is 0 Å². The van der Waals surface area contributed by atoms with Crippen LogP contribution in [-0.4, -0.2) is 44.8 Å². The Morgan fingerprint density at radius 2 is 1.00 bits per heavy atom. The zero-order valence-electron chi connectivity index (χ0n) is 14.8. The Morgan fingerprint density at radius 3 is 1.22 bits per heavy atom. The molecule has 4 unspecified atom stereocenters. The van der Waals surface area contributed by atoms with Crippen LogP contribution < -0.4 is 0 Å². The van der Waals surface area contributed by atoms with Crippen molar-refractivity contribution in [3.8, 4) is 0 Å². The Morgan fingerprint density at radius 1 is 0.739 bits per heavy atom. The predicted molar refractivity (Wildman–Crippen MR) is 90.9 cm³/mol. The second-order valence-corrected chi connectivity index (χ2v) is 7.56. The standard InChI is InChI=1S/C19H32O4/c1-5-11(3)17-13(20)7-19(8-14(17)21)9-15(22)18(12(4)6-2)16(23)10-19/h13-16,20-23H,5-10H2,1-4H3.